The van der Waals surface area contributed by atoms with E-state index in [0.717, 1.165) is 11.3 Å². The number of hydrogen-bond donors (Lipinski definition) is 0. The van der Waals surface area contributed by atoms with Gasteiger partial charge in [0.25, 0.3) is 0 Å². The number of ether oxygens (including phenoxy) is 2. The third kappa shape index (κ3) is 4.09. The van der Waals surface area contributed by atoms with Gasteiger partial charge in [-0.2, -0.15) is 0 Å². The summed E-state index contributed by atoms with van der Waals surface area (Å²) in [7, 11) is 0. The molecule has 0 atom stereocenters. The van der Waals surface area contributed by atoms with Crippen LogP contribution in [0.2, 0.25) is 0 Å². The fourth-order valence-electron chi connectivity index (χ4n) is 1.99. The highest BCUT2D eigenvalue weighted by Gasteiger charge is 2.23. The Morgan fingerprint density at radius 2 is 1.71 bits per heavy atom. The van der Waals surface area contributed by atoms with Crippen molar-refractivity contribution >= 4 is 5.97 Å². The molecule has 1 saturated carbocycles. The largest absolute Gasteiger partial charge is 0.489 e. The van der Waals surface area contributed by atoms with E-state index in [-0.39, 0.29) is 5.97 Å². The van der Waals surface area contributed by atoms with Crippen LogP contribution in [0, 0.1) is 5.92 Å². The Morgan fingerprint density at radius 1 is 1.00 bits per heavy atom. The van der Waals surface area contributed by atoms with Crippen molar-refractivity contribution in [3.05, 3.63) is 65.7 Å². The van der Waals surface area contributed by atoms with Crippen LogP contribution in [0.1, 0.15) is 28.8 Å². The number of carbonyl (C=O) groups excluding carboxylic acids is 1. The van der Waals surface area contributed by atoms with E-state index in [2.05, 4.69) is 0 Å². The van der Waals surface area contributed by atoms with Gasteiger partial charge in [0.2, 0.25) is 0 Å². The molecule has 0 bridgehead atoms. The normalized spacial score (nSPS) is 13.7. The van der Waals surface area contributed by atoms with Crippen molar-refractivity contribution in [2.24, 2.45) is 5.92 Å². The number of carbonyl (C=O) groups is 1. The molecule has 2 aromatic carbocycles. The molecule has 0 aliphatic heterocycles. The summed E-state index contributed by atoms with van der Waals surface area (Å²) in [5.41, 5.74) is 1.69. The molecule has 0 radical (unpaired) electrons. The van der Waals surface area contributed by atoms with E-state index in [9.17, 15) is 4.79 Å². The first-order chi connectivity index (χ1) is 10.3. The van der Waals surface area contributed by atoms with E-state index in [1.54, 1.807) is 24.3 Å². The Bertz CT molecular complexity index is 586. The Morgan fingerprint density at radius 3 is 2.38 bits per heavy atom. The van der Waals surface area contributed by atoms with Gasteiger partial charge in [-0.3, -0.25) is 0 Å². The van der Waals surface area contributed by atoms with E-state index >= 15 is 0 Å². The molecule has 3 nitrogen and oxygen atoms in total. The average Bonchev–Trinajstić information content (AvgIpc) is 3.36. The molecule has 2 aromatic rings. The first-order valence-corrected chi connectivity index (χ1v) is 7.25. The summed E-state index contributed by atoms with van der Waals surface area (Å²) >= 11 is 0. The summed E-state index contributed by atoms with van der Waals surface area (Å²) in [6, 6.07) is 17.1. The fraction of sp³-hybridized carbons (Fsp3) is 0.278. The fourth-order valence-corrected chi connectivity index (χ4v) is 1.99. The monoisotopic (exact) mass is 282 g/mol. The molecule has 1 aliphatic carbocycles. The van der Waals surface area contributed by atoms with E-state index in [4.69, 9.17) is 9.47 Å². The highest BCUT2D eigenvalue weighted by Crippen LogP contribution is 2.29. The molecule has 1 aliphatic rings. The van der Waals surface area contributed by atoms with Gasteiger partial charge in [-0.15, -0.1) is 0 Å². The summed E-state index contributed by atoms with van der Waals surface area (Å²) in [6.07, 6.45) is 2.36. The summed E-state index contributed by atoms with van der Waals surface area (Å²) < 4.78 is 10.9. The minimum Gasteiger partial charge on any atom is -0.489 e. The lowest BCUT2D eigenvalue weighted by Crippen LogP contribution is -2.07. The number of benzene rings is 2. The minimum atomic E-state index is -0.253. The van der Waals surface area contributed by atoms with Crippen molar-refractivity contribution in [3.63, 3.8) is 0 Å². The second-order valence-electron chi connectivity index (χ2n) is 5.34. The second-order valence-corrected chi connectivity index (χ2v) is 5.34. The Kier molecular flexibility index (Phi) is 4.20. The minimum absolute atomic E-state index is 0.253. The average molecular weight is 282 g/mol. The first kappa shape index (κ1) is 13.7. The standard InChI is InChI=1S/C18H18O3/c19-18(21-13-15-6-7-15)16-8-10-17(11-9-16)20-12-14-4-2-1-3-5-14/h1-5,8-11,15H,6-7,12-13H2. The summed E-state index contributed by atoms with van der Waals surface area (Å²) in [5, 5.41) is 0. The Labute approximate surface area is 124 Å². The molecule has 3 rings (SSSR count). The highest BCUT2D eigenvalue weighted by atomic mass is 16.5. The van der Waals surface area contributed by atoms with Crippen molar-refractivity contribution in [1.29, 1.82) is 0 Å². The maximum absolute atomic E-state index is 11.8. The SMILES string of the molecule is O=C(OCC1CC1)c1ccc(OCc2ccccc2)cc1. The van der Waals surface area contributed by atoms with Gasteiger partial charge in [-0.1, -0.05) is 30.3 Å². The van der Waals surface area contributed by atoms with Gasteiger partial charge in [0.1, 0.15) is 12.4 Å². The predicted octanol–water partition coefficient (Wildman–Crippen LogP) is 3.83. The zero-order chi connectivity index (χ0) is 14.5. The van der Waals surface area contributed by atoms with Crippen molar-refractivity contribution in [2.45, 2.75) is 19.4 Å². The molecule has 3 heteroatoms. The van der Waals surface area contributed by atoms with E-state index in [1.807, 2.05) is 30.3 Å². The van der Waals surface area contributed by atoms with Gasteiger partial charge < -0.3 is 9.47 Å². The summed E-state index contributed by atoms with van der Waals surface area (Å²) in [4.78, 5) is 11.8. The van der Waals surface area contributed by atoms with Gasteiger partial charge >= 0.3 is 5.97 Å². The first-order valence-electron chi connectivity index (χ1n) is 7.25. The number of esters is 1. The highest BCUT2D eigenvalue weighted by molar-refractivity contribution is 5.89. The van der Waals surface area contributed by atoms with E-state index in [1.165, 1.54) is 12.8 Å². The van der Waals surface area contributed by atoms with Crippen LogP contribution < -0.4 is 4.74 Å². The van der Waals surface area contributed by atoms with Crippen LogP contribution in [0.4, 0.5) is 0 Å². The molecule has 0 N–H and O–H groups in total. The smallest absolute Gasteiger partial charge is 0.338 e. The molecule has 108 valence electrons. The van der Waals surface area contributed by atoms with Gasteiger partial charge in [0.05, 0.1) is 12.2 Å². The van der Waals surface area contributed by atoms with E-state index < -0.39 is 0 Å². The molecular weight excluding hydrogens is 264 g/mol. The van der Waals surface area contributed by atoms with Gasteiger partial charge in [-0.05, 0) is 48.6 Å². The maximum Gasteiger partial charge on any atom is 0.338 e. The van der Waals surface area contributed by atoms with E-state index in [0.29, 0.717) is 24.7 Å². The zero-order valence-corrected chi connectivity index (χ0v) is 11.8. The third-order valence-electron chi connectivity index (χ3n) is 3.49. The van der Waals surface area contributed by atoms with Crippen molar-refractivity contribution in [2.75, 3.05) is 6.61 Å². The van der Waals surface area contributed by atoms with Gasteiger partial charge in [0, 0.05) is 0 Å². The molecule has 0 spiro atoms. The second kappa shape index (κ2) is 6.44. The van der Waals surface area contributed by atoms with Gasteiger partial charge in [0.15, 0.2) is 0 Å². The van der Waals surface area contributed by atoms with Gasteiger partial charge in [-0.25, -0.2) is 4.79 Å². The van der Waals surface area contributed by atoms with Crippen LogP contribution >= 0.6 is 0 Å². The molecule has 21 heavy (non-hydrogen) atoms. The molecule has 0 unspecified atom stereocenters. The lowest BCUT2D eigenvalue weighted by Gasteiger charge is -2.07. The van der Waals surface area contributed by atoms with Crippen LogP contribution in [0.15, 0.2) is 54.6 Å². The van der Waals surface area contributed by atoms with Crippen LogP contribution in [0.3, 0.4) is 0 Å². The van der Waals surface area contributed by atoms with Crippen LogP contribution in [-0.4, -0.2) is 12.6 Å². The van der Waals surface area contributed by atoms with Crippen molar-refractivity contribution in [3.8, 4) is 5.75 Å². The van der Waals surface area contributed by atoms with Crippen molar-refractivity contribution in [1.82, 2.24) is 0 Å². The van der Waals surface area contributed by atoms with Crippen LogP contribution in [0.5, 0.6) is 5.75 Å². The molecule has 0 saturated heterocycles. The predicted molar refractivity (Wildman–Crippen MR) is 80.2 cm³/mol. The molecule has 0 heterocycles. The molecular formula is C18H18O3. The summed E-state index contributed by atoms with van der Waals surface area (Å²) in [5.74, 6) is 1.08. The topological polar surface area (TPSA) is 35.5 Å². The Balaban J connectivity index is 1.52. The van der Waals surface area contributed by atoms with Crippen LogP contribution in [0.25, 0.3) is 0 Å². The quantitative estimate of drug-likeness (QED) is 0.755. The molecule has 0 aromatic heterocycles. The third-order valence-corrected chi connectivity index (χ3v) is 3.49. The lowest BCUT2D eigenvalue weighted by atomic mass is 10.2. The molecule has 1 fully saturated rings. The number of rotatable bonds is 6. The molecule has 0 amide bonds. The lowest BCUT2D eigenvalue weighted by molar-refractivity contribution is 0.0486. The van der Waals surface area contributed by atoms with Crippen molar-refractivity contribution < 1.29 is 14.3 Å². The summed E-state index contributed by atoms with van der Waals surface area (Å²) in [6.45, 7) is 1.07. The number of hydrogen-bond acceptors (Lipinski definition) is 3. The maximum atomic E-state index is 11.8. The zero-order valence-electron chi connectivity index (χ0n) is 11.8. The van der Waals surface area contributed by atoms with Crippen LogP contribution in [-0.2, 0) is 11.3 Å². The Hall–Kier alpha value is -2.29.